The quantitative estimate of drug-likeness (QED) is 0.652. The van der Waals surface area contributed by atoms with Crippen LogP contribution in [0.3, 0.4) is 0 Å². The summed E-state index contributed by atoms with van der Waals surface area (Å²) >= 11 is 0. The Morgan fingerprint density at radius 3 is 2.48 bits per heavy atom. The number of nitrogens with zero attached hydrogens (tertiary/aromatic N) is 4. The van der Waals surface area contributed by atoms with Crippen molar-refractivity contribution in [1.29, 1.82) is 0 Å². The lowest BCUT2D eigenvalue weighted by Gasteiger charge is -2.30. The molecule has 2 aromatic heterocycles. The molecule has 1 aromatic carbocycles. The Morgan fingerprint density at radius 1 is 1.15 bits per heavy atom. The van der Waals surface area contributed by atoms with Gasteiger partial charge in [0.05, 0.1) is 29.4 Å². The van der Waals surface area contributed by atoms with Crippen LogP contribution in [0.2, 0.25) is 0 Å². The fourth-order valence-electron chi connectivity index (χ4n) is 2.97. The number of aromatic nitrogens is 3. The lowest BCUT2D eigenvalue weighted by Crippen LogP contribution is -2.39. The Balaban J connectivity index is 1.88. The van der Waals surface area contributed by atoms with Crippen molar-refractivity contribution in [2.24, 2.45) is 14.1 Å². The number of hydrogen-bond donors (Lipinski definition) is 2. The first-order valence-corrected chi connectivity index (χ1v) is 8.59. The van der Waals surface area contributed by atoms with Gasteiger partial charge in [-0.1, -0.05) is 30.3 Å². The van der Waals surface area contributed by atoms with Crippen LogP contribution in [-0.4, -0.2) is 37.3 Å². The molecule has 2 unspecified atom stereocenters. The summed E-state index contributed by atoms with van der Waals surface area (Å²) in [5, 5.41) is 12.7. The first-order chi connectivity index (χ1) is 12.8. The molecule has 142 valence electrons. The van der Waals surface area contributed by atoms with Crippen LogP contribution in [-0.2, 0) is 14.1 Å². The van der Waals surface area contributed by atoms with Gasteiger partial charge in [0.1, 0.15) is 5.65 Å². The van der Waals surface area contributed by atoms with Crippen LogP contribution in [0.4, 0.5) is 5.69 Å². The molecular weight excluding hydrogens is 346 g/mol. The molecular formula is C19H23N5O3. The zero-order valence-corrected chi connectivity index (χ0v) is 15.7. The van der Waals surface area contributed by atoms with Crippen molar-refractivity contribution in [2.45, 2.75) is 19.1 Å². The zero-order valence-electron chi connectivity index (χ0n) is 15.7. The van der Waals surface area contributed by atoms with Gasteiger partial charge in [-0.15, -0.1) is 0 Å². The summed E-state index contributed by atoms with van der Waals surface area (Å²) in [7, 11) is 4.82. The topological polar surface area (TPSA) is 92.4 Å². The van der Waals surface area contributed by atoms with Gasteiger partial charge in [-0.25, -0.2) is 14.8 Å². The first kappa shape index (κ1) is 18.8. The highest BCUT2D eigenvalue weighted by Crippen LogP contribution is 2.21. The number of likely N-dealkylation sites (N-methyl/N-ethyl adjacent to an activating group) is 1. The summed E-state index contributed by atoms with van der Waals surface area (Å²) in [5.74, 6) is 0. The smallest absolute Gasteiger partial charge is 0.332 e. The molecule has 0 fully saturated rings. The van der Waals surface area contributed by atoms with Crippen LogP contribution in [0.5, 0.6) is 0 Å². The van der Waals surface area contributed by atoms with E-state index in [1.54, 1.807) is 31.4 Å². The third-order valence-electron chi connectivity index (χ3n) is 4.81. The van der Waals surface area contributed by atoms with E-state index in [1.807, 2.05) is 37.3 Å². The van der Waals surface area contributed by atoms with Crippen LogP contribution in [0, 0.1) is 0 Å². The molecule has 3 aromatic rings. The third kappa shape index (κ3) is 3.49. The van der Waals surface area contributed by atoms with Crippen LogP contribution < -0.4 is 16.7 Å². The molecule has 0 saturated heterocycles. The van der Waals surface area contributed by atoms with Crippen molar-refractivity contribution >= 4 is 16.7 Å². The number of rotatable bonds is 5. The number of anilines is 1. The number of fused-ring (bicyclic) bond motifs is 1. The summed E-state index contributed by atoms with van der Waals surface area (Å²) in [6.07, 6.45) is 0.866. The van der Waals surface area contributed by atoms with E-state index < -0.39 is 17.4 Å². The monoisotopic (exact) mass is 369 g/mol. The van der Waals surface area contributed by atoms with Gasteiger partial charge in [-0.3, -0.25) is 13.9 Å². The fourth-order valence-corrected chi connectivity index (χ4v) is 2.97. The van der Waals surface area contributed by atoms with E-state index in [0.29, 0.717) is 16.7 Å². The van der Waals surface area contributed by atoms with Gasteiger partial charge in [0.2, 0.25) is 0 Å². The summed E-state index contributed by atoms with van der Waals surface area (Å²) < 4.78 is 2.39. The van der Waals surface area contributed by atoms with E-state index in [1.165, 1.54) is 11.6 Å². The van der Waals surface area contributed by atoms with E-state index in [0.717, 1.165) is 10.1 Å². The Labute approximate surface area is 156 Å². The average molecular weight is 369 g/mol. The van der Waals surface area contributed by atoms with Gasteiger partial charge in [0, 0.05) is 21.1 Å². The molecule has 0 aliphatic carbocycles. The van der Waals surface area contributed by atoms with Gasteiger partial charge in [0.25, 0.3) is 5.56 Å². The minimum absolute atomic E-state index is 0.244. The van der Waals surface area contributed by atoms with E-state index in [9.17, 15) is 14.7 Å². The minimum Gasteiger partial charge on any atom is -0.387 e. The maximum Gasteiger partial charge on any atom is 0.332 e. The van der Waals surface area contributed by atoms with Crippen molar-refractivity contribution in [2.75, 3.05) is 12.5 Å². The lowest BCUT2D eigenvalue weighted by molar-refractivity contribution is 0.0851. The van der Waals surface area contributed by atoms with E-state index >= 15 is 0 Å². The molecule has 8 heteroatoms. The molecule has 2 atom stereocenters. The normalized spacial score (nSPS) is 13.7. The van der Waals surface area contributed by atoms with E-state index in [2.05, 4.69) is 10.4 Å². The van der Waals surface area contributed by atoms with Crippen LogP contribution in [0.25, 0.3) is 11.0 Å². The van der Waals surface area contributed by atoms with Gasteiger partial charge in [0.15, 0.2) is 0 Å². The van der Waals surface area contributed by atoms with Crippen LogP contribution in [0.15, 0.2) is 52.2 Å². The second-order valence-corrected chi connectivity index (χ2v) is 6.62. The number of aliphatic hydroxyl groups is 1. The lowest BCUT2D eigenvalue weighted by atomic mass is 10.0. The van der Waals surface area contributed by atoms with E-state index in [-0.39, 0.29) is 6.04 Å². The van der Waals surface area contributed by atoms with Gasteiger partial charge in [-0.05, 0) is 18.6 Å². The van der Waals surface area contributed by atoms with Crippen molar-refractivity contribution in [1.82, 2.24) is 19.1 Å². The van der Waals surface area contributed by atoms with Gasteiger partial charge >= 0.3 is 5.69 Å². The number of hydrazine groups is 1. The molecule has 0 bridgehead atoms. The highest BCUT2D eigenvalue weighted by atomic mass is 16.3. The molecule has 3 rings (SSSR count). The number of nitrogens with one attached hydrogen (secondary N) is 1. The van der Waals surface area contributed by atoms with E-state index in [4.69, 9.17) is 0 Å². The molecule has 0 aliphatic rings. The average Bonchev–Trinajstić information content (AvgIpc) is 2.70. The summed E-state index contributed by atoms with van der Waals surface area (Å²) in [5.41, 5.74) is 4.06. The second-order valence-electron chi connectivity index (χ2n) is 6.62. The minimum atomic E-state index is -0.689. The standard InChI is InChI=1S/C19H23N5O3/c1-12(16(25)13-8-6-5-7-9-13)24(4)21-14-10-15-17(20-11-14)22(2)19(27)23(3)18(15)26/h5-12,16,21,25H,1-4H3. The van der Waals surface area contributed by atoms with Gasteiger partial charge < -0.3 is 10.5 Å². The molecule has 0 radical (unpaired) electrons. The third-order valence-corrected chi connectivity index (χ3v) is 4.81. The predicted octanol–water partition coefficient (Wildman–Crippen LogP) is 1.01. The molecule has 27 heavy (non-hydrogen) atoms. The first-order valence-electron chi connectivity index (χ1n) is 8.59. The van der Waals surface area contributed by atoms with Crippen molar-refractivity contribution in [3.8, 4) is 0 Å². The summed E-state index contributed by atoms with van der Waals surface area (Å²) in [4.78, 5) is 28.7. The number of hydrogen-bond acceptors (Lipinski definition) is 6. The molecule has 8 nitrogen and oxygen atoms in total. The number of pyridine rings is 1. The molecule has 0 amide bonds. The SMILES string of the molecule is CC(C(O)c1ccccc1)N(C)Nc1cnc2c(c1)c(=O)n(C)c(=O)n2C. The Bertz CT molecular complexity index is 1070. The zero-order chi connectivity index (χ0) is 19.7. The van der Waals surface area contributed by atoms with Gasteiger partial charge in [-0.2, -0.15) is 0 Å². The number of benzene rings is 1. The Kier molecular flexibility index (Phi) is 5.11. The maximum atomic E-state index is 12.4. The van der Waals surface area contributed by atoms with Crippen molar-refractivity contribution in [3.05, 3.63) is 69.0 Å². The molecule has 0 saturated carbocycles. The van der Waals surface area contributed by atoms with Crippen LogP contribution in [0.1, 0.15) is 18.6 Å². The largest absolute Gasteiger partial charge is 0.387 e. The highest BCUT2D eigenvalue weighted by Gasteiger charge is 2.21. The summed E-state index contributed by atoms with van der Waals surface area (Å²) in [6.45, 7) is 1.89. The predicted molar refractivity (Wildman–Crippen MR) is 104 cm³/mol. The highest BCUT2D eigenvalue weighted by molar-refractivity contribution is 5.77. The summed E-state index contributed by atoms with van der Waals surface area (Å²) in [6, 6.07) is 10.8. The maximum absolute atomic E-state index is 12.4. The molecule has 2 N–H and O–H groups in total. The molecule has 0 spiro atoms. The molecule has 0 aliphatic heterocycles. The van der Waals surface area contributed by atoms with Crippen LogP contribution >= 0.6 is 0 Å². The fraction of sp³-hybridized carbons (Fsp3) is 0.316. The molecule has 2 heterocycles. The Morgan fingerprint density at radius 2 is 1.81 bits per heavy atom. The Hall–Kier alpha value is -2.97. The number of aliphatic hydroxyl groups excluding tert-OH is 1. The second kappa shape index (κ2) is 7.34. The van der Waals surface area contributed by atoms with Crippen molar-refractivity contribution in [3.63, 3.8) is 0 Å². The number of aryl methyl sites for hydroxylation is 1. The van der Waals surface area contributed by atoms with Crippen molar-refractivity contribution < 1.29 is 5.11 Å².